The molecule has 0 aliphatic carbocycles. The van der Waals surface area contributed by atoms with Gasteiger partial charge in [-0.1, -0.05) is 35.0 Å². The zero-order valence-electron chi connectivity index (χ0n) is 16.0. The summed E-state index contributed by atoms with van der Waals surface area (Å²) in [6, 6.07) is 9.04. The Balaban J connectivity index is 1.82. The molecule has 3 rings (SSSR count). The molecule has 2 aromatic carbocycles. The van der Waals surface area contributed by atoms with Gasteiger partial charge in [-0.25, -0.2) is 9.18 Å². The first kappa shape index (κ1) is 20.9. The van der Waals surface area contributed by atoms with Gasteiger partial charge in [-0.3, -0.25) is 9.69 Å². The number of halogens is 2. The second-order valence-electron chi connectivity index (χ2n) is 6.38. The van der Waals surface area contributed by atoms with Gasteiger partial charge in [0.1, 0.15) is 18.1 Å². The van der Waals surface area contributed by atoms with E-state index in [2.05, 4.69) is 21.2 Å². The predicted molar refractivity (Wildman–Crippen MR) is 110 cm³/mol. The highest BCUT2D eigenvalue weighted by Crippen LogP contribution is 2.35. The number of rotatable bonds is 7. The van der Waals surface area contributed by atoms with Gasteiger partial charge >= 0.3 is 6.03 Å². The minimum atomic E-state index is -0.426. The summed E-state index contributed by atoms with van der Waals surface area (Å²) in [5.41, 5.74) is 1.66. The second-order valence-corrected chi connectivity index (χ2v) is 7.24. The lowest BCUT2D eigenvalue weighted by molar-refractivity contribution is -0.122. The van der Waals surface area contributed by atoms with Crippen molar-refractivity contribution in [2.45, 2.75) is 20.0 Å². The van der Waals surface area contributed by atoms with Crippen molar-refractivity contribution in [2.24, 2.45) is 0 Å². The van der Waals surface area contributed by atoms with Crippen molar-refractivity contribution < 1.29 is 23.5 Å². The normalized spacial score (nSPS) is 15.0. The van der Waals surface area contributed by atoms with Crippen LogP contribution in [-0.4, -0.2) is 30.5 Å². The van der Waals surface area contributed by atoms with Gasteiger partial charge < -0.3 is 14.8 Å². The topological polar surface area (TPSA) is 67.9 Å². The molecule has 0 atom stereocenters. The van der Waals surface area contributed by atoms with Crippen LogP contribution in [0.3, 0.4) is 0 Å². The maximum absolute atomic E-state index is 13.0. The molecule has 0 aromatic heterocycles. The van der Waals surface area contributed by atoms with Crippen LogP contribution in [0.25, 0.3) is 6.08 Å². The molecule has 1 fully saturated rings. The fourth-order valence-electron chi connectivity index (χ4n) is 2.83. The monoisotopic (exact) mass is 462 g/mol. The molecule has 1 heterocycles. The summed E-state index contributed by atoms with van der Waals surface area (Å²) >= 11 is 3.47. The van der Waals surface area contributed by atoms with Gasteiger partial charge in [0.05, 0.1) is 7.11 Å². The molecule has 3 amide bonds. The zero-order chi connectivity index (χ0) is 21.0. The number of carbonyl (C=O) groups is 2. The highest BCUT2D eigenvalue weighted by atomic mass is 79.9. The summed E-state index contributed by atoms with van der Waals surface area (Å²) in [5, 5.41) is 2.59. The Bertz CT molecular complexity index is 960. The third kappa shape index (κ3) is 4.76. The van der Waals surface area contributed by atoms with Crippen molar-refractivity contribution in [2.75, 3.05) is 13.7 Å². The summed E-state index contributed by atoms with van der Waals surface area (Å²) in [6.07, 6.45) is 2.27. The Labute approximate surface area is 176 Å². The Kier molecular flexibility index (Phi) is 6.53. The first-order valence-corrected chi connectivity index (χ1v) is 9.81. The highest BCUT2D eigenvalue weighted by Gasteiger charge is 2.32. The van der Waals surface area contributed by atoms with E-state index in [9.17, 15) is 14.0 Å². The highest BCUT2D eigenvalue weighted by molar-refractivity contribution is 9.10. The molecule has 152 valence electrons. The van der Waals surface area contributed by atoms with Crippen molar-refractivity contribution in [1.29, 1.82) is 0 Å². The molecule has 0 radical (unpaired) electrons. The van der Waals surface area contributed by atoms with E-state index in [-0.39, 0.29) is 24.0 Å². The van der Waals surface area contributed by atoms with Crippen molar-refractivity contribution in [3.8, 4) is 11.5 Å². The molecule has 29 heavy (non-hydrogen) atoms. The maximum atomic E-state index is 13.0. The lowest BCUT2D eigenvalue weighted by Crippen LogP contribution is -2.31. The van der Waals surface area contributed by atoms with Crippen LogP contribution in [-0.2, 0) is 11.4 Å². The van der Waals surface area contributed by atoms with E-state index in [4.69, 9.17) is 9.47 Å². The Morgan fingerprint density at radius 3 is 2.55 bits per heavy atom. The van der Waals surface area contributed by atoms with Gasteiger partial charge in [-0.2, -0.15) is 0 Å². The third-order valence-corrected chi connectivity index (χ3v) is 4.99. The predicted octanol–water partition coefficient (Wildman–Crippen LogP) is 4.48. The molecule has 6 nitrogen and oxygen atoms in total. The fraction of sp³-hybridized carbons (Fsp3) is 0.238. The second kappa shape index (κ2) is 9.09. The average Bonchev–Trinajstić information content (AvgIpc) is 2.97. The Morgan fingerprint density at radius 2 is 1.90 bits per heavy atom. The van der Waals surface area contributed by atoms with Crippen LogP contribution < -0.4 is 14.8 Å². The van der Waals surface area contributed by atoms with Gasteiger partial charge in [-0.05, 0) is 47.9 Å². The molecule has 0 spiro atoms. The number of hydrogen-bond donors (Lipinski definition) is 1. The molecular weight excluding hydrogens is 443 g/mol. The number of urea groups is 1. The summed E-state index contributed by atoms with van der Waals surface area (Å²) < 4.78 is 24.9. The van der Waals surface area contributed by atoms with Crippen molar-refractivity contribution in [3.63, 3.8) is 0 Å². The SMILES string of the molecule is CCCN1C(=O)N/C(=C/c2cc(OC)c(OCc3ccc(F)cc3)cc2Br)C1=O. The number of imide groups is 1. The van der Waals surface area contributed by atoms with Gasteiger partial charge in [0, 0.05) is 11.0 Å². The Morgan fingerprint density at radius 1 is 1.17 bits per heavy atom. The first-order valence-electron chi connectivity index (χ1n) is 9.02. The minimum Gasteiger partial charge on any atom is -0.493 e. The van der Waals surface area contributed by atoms with Crippen molar-refractivity contribution >= 4 is 33.9 Å². The van der Waals surface area contributed by atoms with E-state index < -0.39 is 6.03 Å². The number of nitrogens with one attached hydrogen (secondary N) is 1. The van der Waals surface area contributed by atoms with Crippen molar-refractivity contribution in [3.05, 3.63) is 63.5 Å². The number of hydrogen-bond acceptors (Lipinski definition) is 4. The number of methoxy groups -OCH3 is 1. The molecule has 2 aromatic rings. The molecule has 1 saturated heterocycles. The van der Waals surface area contributed by atoms with E-state index in [1.165, 1.54) is 24.1 Å². The van der Waals surface area contributed by atoms with Crippen LogP contribution >= 0.6 is 15.9 Å². The standard InChI is InChI=1S/C21H20BrFN2O4/c1-3-8-25-20(26)17(24-21(25)27)9-14-10-18(28-2)19(11-16(14)22)29-12-13-4-6-15(23)7-5-13/h4-7,9-11H,3,8,12H2,1-2H3,(H,24,27)/b17-9+. The summed E-state index contributed by atoms with van der Waals surface area (Å²) in [4.78, 5) is 25.5. The van der Waals surface area contributed by atoms with E-state index in [1.807, 2.05) is 6.92 Å². The Hall–Kier alpha value is -2.87. The molecule has 8 heteroatoms. The average molecular weight is 463 g/mol. The molecule has 0 unspecified atom stereocenters. The number of nitrogens with zero attached hydrogens (tertiary/aromatic N) is 1. The van der Waals surface area contributed by atoms with Gasteiger partial charge in [-0.15, -0.1) is 0 Å². The first-order chi connectivity index (χ1) is 13.9. The number of carbonyl (C=O) groups excluding carboxylic acids is 2. The molecule has 0 bridgehead atoms. The van der Waals surface area contributed by atoms with Gasteiger partial charge in [0.15, 0.2) is 11.5 Å². The zero-order valence-corrected chi connectivity index (χ0v) is 17.6. The molecule has 1 aliphatic heterocycles. The van der Waals surface area contributed by atoms with Crippen LogP contribution in [0.1, 0.15) is 24.5 Å². The quantitative estimate of drug-likeness (QED) is 0.486. The number of benzene rings is 2. The summed E-state index contributed by atoms with van der Waals surface area (Å²) in [6.45, 7) is 2.50. The fourth-order valence-corrected chi connectivity index (χ4v) is 3.27. The largest absolute Gasteiger partial charge is 0.493 e. The van der Waals surface area contributed by atoms with Crippen LogP contribution in [0.15, 0.2) is 46.6 Å². The van der Waals surface area contributed by atoms with E-state index >= 15 is 0 Å². The van der Waals surface area contributed by atoms with Crippen LogP contribution in [0.5, 0.6) is 11.5 Å². The summed E-state index contributed by atoms with van der Waals surface area (Å²) in [5.74, 6) is 0.279. The van der Waals surface area contributed by atoms with Crippen LogP contribution in [0.4, 0.5) is 9.18 Å². The van der Waals surface area contributed by atoms with E-state index in [0.29, 0.717) is 34.5 Å². The molecular formula is C21H20BrFN2O4. The number of ether oxygens (including phenoxy) is 2. The van der Waals surface area contributed by atoms with E-state index in [0.717, 1.165) is 5.56 Å². The van der Waals surface area contributed by atoms with E-state index in [1.54, 1.807) is 30.3 Å². The van der Waals surface area contributed by atoms with Gasteiger partial charge in [0.25, 0.3) is 5.91 Å². The maximum Gasteiger partial charge on any atom is 0.329 e. The molecule has 0 saturated carbocycles. The molecule has 1 N–H and O–H groups in total. The minimum absolute atomic E-state index is 0.200. The summed E-state index contributed by atoms with van der Waals surface area (Å²) in [7, 11) is 1.51. The number of amides is 3. The third-order valence-electron chi connectivity index (χ3n) is 4.30. The van der Waals surface area contributed by atoms with Gasteiger partial charge in [0.2, 0.25) is 0 Å². The van der Waals surface area contributed by atoms with Crippen molar-refractivity contribution in [1.82, 2.24) is 10.2 Å². The lowest BCUT2D eigenvalue weighted by Gasteiger charge is -2.13. The molecule has 1 aliphatic rings. The van der Waals surface area contributed by atoms with Crippen LogP contribution in [0.2, 0.25) is 0 Å². The smallest absolute Gasteiger partial charge is 0.329 e. The lowest BCUT2D eigenvalue weighted by atomic mass is 10.1. The van der Waals surface area contributed by atoms with Crippen LogP contribution in [0, 0.1) is 5.82 Å².